The Morgan fingerprint density at radius 2 is 1.44 bits per heavy atom. The molecular weight excluding hydrogens is 308 g/mol. The van der Waals surface area contributed by atoms with E-state index >= 15 is 0 Å². The summed E-state index contributed by atoms with van der Waals surface area (Å²) in [6.45, 7) is 8.04. The predicted molar refractivity (Wildman–Crippen MR) is 109 cm³/mol. The van der Waals surface area contributed by atoms with Crippen molar-refractivity contribution < 1.29 is 0 Å². The number of anilines is 4. The van der Waals surface area contributed by atoms with Crippen LogP contribution < -0.4 is 22.1 Å². The topological polar surface area (TPSA) is 76.1 Å². The second-order valence-electron chi connectivity index (χ2n) is 8.07. The first-order valence-electron chi connectivity index (χ1n) is 9.07. The Labute approximate surface area is 151 Å². The van der Waals surface area contributed by atoms with Crippen LogP contribution in [0.5, 0.6) is 0 Å². The maximum Gasteiger partial charge on any atom is 0.0344 e. The lowest BCUT2D eigenvalue weighted by Gasteiger charge is -2.32. The van der Waals surface area contributed by atoms with E-state index in [9.17, 15) is 0 Å². The lowest BCUT2D eigenvalue weighted by atomic mass is 9.80. The van der Waals surface area contributed by atoms with Crippen LogP contribution in [0.25, 0.3) is 0 Å². The molecule has 0 amide bonds. The van der Waals surface area contributed by atoms with Crippen molar-refractivity contribution in [3.63, 3.8) is 0 Å². The van der Waals surface area contributed by atoms with E-state index < -0.39 is 0 Å². The number of benzene rings is 2. The highest BCUT2D eigenvalue weighted by Crippen LogP contribution is 2.47. The Bertz CT molecular complexity index is 691. The van der Waals surface area contributed by atoms with Gasteiger partial charge >= 0.3 is 0 Å². The van der Waals surface area contributed by atoms with Crippen LogP contribution >= 0.6 is 0 Å². The number of hydrogen-bond donors (Lipinski definition) is 4. The Kier molecular flexibility index (Phi) is 4.80. The Hall–Kier alpha value is -2.36. The van der Waals surface area contributed by atoms with Crippen molar-refractivity contribution in [2.75, 3.05) is 28.6 Å². The molecule has 6 N–H and O–H groups in total. The first-order chi connectivity index (χ1) is 11.8. The van der Waals surface area contributed by atoms with E-state index in [1.807, 2.05) is 36.4 Å². The molecule has 25 heavy (non-hydrogen) atoms. The van der Waals surface area contributed by atoms with Gasteiger partial charge in [-0.15, -0.1) is 0 Å². The van der Waals surface area contributed by atoms with E-state index in [2.05, 4.69) is 43.5 Å². The fourth-order valence-corrected chi connectivity index (χ4v) is 4.24. The van der Waals surface area contributed by atoms with Crippen LogP contribution in [0.4, 0.5) is 22.7 Å². The van der Waals surface area contributed by atoms with Crippen LogP contribution in [0.1, 0.15) is 27.2 Å². The molecule has 0 saturated heterocycles. The van der Waals surface area contributed by atoms with E-state index in [4.69, 9.17) is 11.5 Å². The molecule has 3 unspecified atom stereocenters. The zero-order valence-corrected chi connectivity index (χ0v) is 15.4. The first kappa shape index (κ1) is 17.5. The quantitative estimate of drug-likeness (QED) is 0.609. The molecular formula is C21H30N4. The summed E-state index contributed by atoms with van der Waals surface area (Å²) >= 11 is 0. The van der Waals surface area contributed by atoms with E-state index in [1.54, 1.807) is 0 Å². The summed E-state index contributed by atoms with van der Waals surface area (Å²) < 4.78 is 0. The fraction of sp³-hybridized carbons (Fsp3) is 0.429. The van der Waals surface area contributed by atoms with Gasteiger partial charge in [0, 0.05) is 41.3 Å². The van der Waals surface area contributed by atoms with Crippen molar-refractivity contribution in [1.82, 2.24) is 0 Å². The van der Waals surface area contributed by atoms with Gasteiger partial charge in [-0.3, -0.25) is 0 Å². The van der Waals surface area contributed by atoms with Gasteiger partial charge in [0.2, 0.25) is 0 Å². The Morgan fingerprint density at radius 1 is 0.920 bits per heavy atom. The summed E-state index contributed by atoms with van der Waals surface area (Å²) in [7, 11) is 0. The second kappa shape index (κ2) is 6.87. The van der Waals surface area contributed by atoms with Crippen molar-refractivity contribution in [1.29, 1.82) is 0 Å². The predicted octanol–water partition coefficient (Wildman–Crippen LogP) is 4.43. The molecule has 3 rings (SSSR count). The summed E-state index contributed by atoms with van der Waals surface area (Å²) in [6, 6.07) is 16.4. The summed E-state index contributed by atoms with van der Waals surface area (Å²) in [6.07, 6.45) is 1.22. The van der Waals surface area contributed by atoms with Gasteiger partial charge in [0.25, 0.3) is 0 Å². The van der Waals surface area contributed by atoms with Crippen molar-refractivity contribution in [3.05, 3.63) is 48.5 Å². The van der Waals surface area contributed by atoms with Crippen molar-refractivity contribution in [2.45, 2.75) is 33.2 Å². The minimum absolute atomic E-state index is 0.283. The van der Waals surface area contributed by atoms with E-state index in [1.165, 1.54) is 6.42 Å². The summed E-state index contributed by atoms with van der Waals surface area (Å²) in [4.78, 5) is 0. The molecule has 0 aliphatic heterocycles. The molecule has 1 aliphatic rings. The number of rotatable bonds is 5. The van der Waals surface area contributed by atoms with Crippen molar-refractivity contribution >= 4 is 22.7 Å². The average molecular weight is 338 g/mol. The highest BCUT2D eigenvalue weighted by Gasteiger charge is 2.45. The maximum absolute atomic E-state index is 5.81. The van der Waals surface area contributed by atoms with Gasteiger partial charge in [0.1, 0.15) is 0 Å². The third kappa shape index (κ3) is 4.01. The van der Waals surface area contributed by atoms with E-state index in [-0.39, 0.29) is 5.41 Å². The highest BCUT2D eigenvalue weighted by molar-refractivity contribution is 5.53. The molecule has 134 valence electrons. The van der Waals surface area contributed by atoms with Crippen molar-refractivity contribution in [2.24, 2.45) is 17.3 Å². The molecule has 1 saturated carbocycles. The lowest BCUT2D eigenvalue weighted by molar-refractivity contribution is 0.263. The number of hydrogen-bond acceptors (Lipinski definition) is 4. The Balaban J connectivity index is 1.72. The van der Waals surface area contributed by atoms with Gasteiger partial charge in [-0.1, -0.05) is 20.8 Å². The SMILES string of the molecule is CC1CC(C)(C)C(CNc2ccc(N)cc2)C1Nc1ccc(N)cc1. The molecule has 2 aromatic carbocycles. The maximum atomic E-state index is 5.81. The fourth-order valence-electron chi connectivity index (χ4n) is 4.24. The minimum atomic E-state index is 0.283. The van der Waals surface area contributed by atoms with Crippen LogP contribution in [0.3, 0.4) is 0 Å². The lowest BCUT2D eigenvalue weighted by Crippen LogP contribution is -2.37. The number of nitrogens with one attached hydrogen (secondary N) is 2. The van der Waals surface area contributed by atoms with Gasteiger partial charge in [0.05, 0.1) is 0 Å². The molecule has 0 bridgehead atoms. The molecule has 4 heteroatoms. The standard InChI is InChI=1S/C21H30N4/c1-14-12-21(2,3)19(13-24-17-8-4-15(22)5-9-17)20(14)25-18-10-6-16(23)7-11-18/h4-11,14,19-20,24-25H,12-13,22-23H2,1-3H3. The monoisotopic (exact) mass is 338 g/mol. The molecule has 0 radical (unpaired) electrons. The average Bonchev–Trinajstić information content (AvgIpc) is 2.77. The van der Waals surface area contributed by atoms with Crippen molar-refractivity contribution in [3.8, 4) is 0 Å². The van der Waals surface area contributed by atoms with Crippen LogP contribution in [0.2, 0.25) is 0 Å². The smallest absolute Gasteiger partial charge is 0.0344 e. The van der Waals surface area contributed by atoms with Crippen LogP contribution in [-0.2, 0) is 0 Å². The van der Waals surface area contributed by atoms with Gasteiger partial charge in [-0.2, -0.15) is 0 Å². The molecule has 1 aliphatic carbocycles. The molecule has 4 nitrogen and oxygen atoms in total. The summed E-state index contributed by atoms with van der Waals surface area (Å²) in [5.41, 5.74) is 15.7. The van der Waals surface area contributed by atoms with Gasteiger partial charge in [-0.25, -0.2) is 0 Å². The van der Waals surface area contributed by atoms with Crippen LogP contribution in [-0.4, -0.2) is 12.6 Å². The third-order valence-corrected chi connectivity index (χ3v) is 5.58. The van der Waals surface area contributed by atoms with Crippen LogP contribution in [0, 0.1) is 17.3 Å². The first-order valence-corrected chi connectivity index (χ1v) is 9.07. The largest absolute Gasteiger partial charge is 0.399 e. The summed E-state index contributed by atoms with van der Waals surface area (Å²) in [5, 5.41) is 7.35. The van der Waals surface area contributed by atoms with Gasteiger partial charge in [-0.05, 0) is 66.3 Å². The molecule has 0 aromatic heterocycles. The number of nitrogen functional groups attached to an aromatic ring is 2. The molecule has 0 heterocycles. The van der Waals surface area contributed by atoms with Gasteiger partial charge < -0.3 is 22.1 Å². The zero-order chi connectivity index (χ0) is 18.0. The Morgan fingerprint density at radius 3 is 2.00 bits per heavy atom. The zero-order valence-electron chi connectivity index (χ0n) is 15.4. The molecule has 0 spiro atoms. The summed E-state index contributed by atoms with van der Waals surface area (Å²) in [5.74, 6) is 1.14. The normalized spacial score (nSPS) is 24.8. The molecule has 2 aromatic rings. The van der Waals surface area contributed by atoms with E-state index in [0.717, 1.165) is 29.3 Å². The number of nitrogens with two attached hydrogens (primary N) is 2. The highest BCUT2D eigenvalue weighted by atomic mass is 15.0. The van der Waals surface area contributed by atoms with E-state index in [0.29, 0.717) is 17.9 Å². The second-order valence-corrected chi connectivity index (χ2v) is 8.07. The minimum Gasteiger partial charge on any atom is -0.399 e. The molecule has 3 atom stereocenters. The third-order valence-electron chi connectivity index (χ3n) is 5.58. The van der Waals surface area contributed by atoms with Crippen LogP contribution in [0.15, 0.2) is 48.5 Å². The van der Waals surface area contributed by atoms with Gasteiger partial charge in [0.15, 0.2) is 0 Å². The molecule has 1 fully saturated rings.